The molecule has 0 atom stereocenters. The van der Waals surface area contributed by atoms with Crippen molar-refractivity contribution in [3.63, 3.8) is 0 Å². The van der Waals surface area contributed by atoms with Gasteiger partial charge in [0.15, 0.2) is 5.82 Å². The minimum atomic E-state index is -0.180. The van der Waals surface area contributed by atoms with E-state index in [0.717, 1.165) is 0 Å². The number of nitrogens with zero attached hydrogens (tertiary/aromatic N) is 4. The molecule has 6 nitrogen and oxygen atoms in total. The monoisotopic (exact) mass is 295 g/mol. The van der Waals surface area contributed by atoms with Gasteiger partial charge in [-0.1, -0.05) is 0 Å². The van der Waals surface area contributed by atoms with E-state index in [-0.39, 0.29) is 5.91 Å². The number of nitrogens with one attached hydrogen (secondary N) is 1. The highest BCUT2D eigenvalue weighted by molar-refractivity contribution is 9.10. The van der Waals surface area contributed by atoms with Gasteiger partial charge in [0.2, 0.25) is 0 Å². The van der Waals surface area contributed by atoms with Crippen LogP contribution in [0, 0.1) is 0 Å². The Morgan fingerprint density at radius 1 is 1.53 bits per heavy atom. The van der Waals surface area contributed by atoms with Crippen molar-refractivity contribution in [2.24, 2.45) is 7.05 Å². The summed E-state index contributed by atoms with van der Waals surface area (Å²) in [6, 6.07) is 3.30. The fraction of sp³-hybridized carbons (Fsp3) is 0.200. The SMILES string of the molecule is Cn1cnc(CNC(=O)c2ccnc(Br)c2)n1. The molecule has 88 valence electrons. The number of hydrogen-bond donors (Lipinski definition) is 1. The molecule has 0 unspecified atom stereocenters. The van der Waals surface area contributed by atoms with Crippen LogP contribution in [0.5, 0.6) is 0 Å². The Morgan fingerprint density at radius 2 is 2.35 bits per heavy atom. The lowest BCUT2D eigenvalue weighted by molar-refractivity contribution is 0.0949. The van der Waals surface area contributed by atoms with Gasteiger partial charge in [-0.05, 0) is 28.1 Å². The highest BCUT2D eigenvalue weighted by Crippen LogP contribution is 2.07. The fourth-order valence-electron chi connectivity index (χ4n) is 1.27. The normalized spacial score (nSPS) is 10.2. The van der Waals surface area contributed by atoms with Crippen molar-refractivity contribution in [2.45, 2.75) is 6.54 Å². The number of aromatic nitrogens is 4. The lowest BCUT2D eigenvalue weighted by Crippen LogP contribution is -2.23. The van der Waals surface area contributed by atoms with Crippen LogP contribution in [0.15, 0.2) is 29.3 Å². The lowest BCUT2D eigenvalue weighted by Gasteiger charge is -2.02. The molecular weight excluding hydrogens is 286 g/mol. The molecule has 1 N–H and O–H groups in total. The number of carbonyl (C=O) groups is 1. The number of aryl methyl sites for hydroxylation is 1. The Bertz CT molecular complexity index is 539. The molecule has 2 aromatic rings. The second-order valence-corrected chi connectivity index (χ2v) is 4.20. The van der Waals surface area contributed by atoms with Gasteiger partial charge >= 0.3 is 0 Å². The standard InChI is InChI=1S/C10H10BrN5O/c1-16-6-14-9(15-16)5-13-10(17)7-2-3-12-8(11)4-7/h2-4,6H,5H2,1H3,(H,13,17). The molecule has 0 radical (unpaired) electrons. The second-order valence-electron chi connectivity index (χ2n) is 3.38. The third-order valence-electron chi connectivity index (χ3n) is 2.04. The van der Waals surface area contributed by atoms with Crippen LogP contribution in [0.1, 0.15) is 16.2 Å². The summed E-state index contributed by atoms with van der Waals surface area (Å²) < 4.78 is 2.21. The first-order valence-electron chi connectivity index (χ1n) is 4.89. The molecule has 0 aliphatic heterocycles. The summed E-state index contributed by atoms with van der Waals surface area (Å²) in [6.45, 7) is 0.305. The molecule has 2 rings (SSSR count). The first-order chi connectivity index (χ1) is 8.15. The van der Waals surface area contributed by atoms with Gasteiger partial charge in [0, 0.05) is 18.8 Å². The summed E-state index contributed by atoms with van der Waals surface area (Å²) in [5.74, 6) is 0.398. The molecule has 0 saturated heterocycles. The Morgan fingerprint density at radius 3 is 3.00 bits per heavy atom. The van der Waals surface area contributed by atoms with Crippen molar-refractivity contribution in [1.29, 1.82) is 0 Å². The van der Waals surface area contributed by atoms with E-state index in [1.807, 2.05) is 0 Å². The van der Waals surface area contributed by atoms with Crippen LogP contribution in [0.3, 0.4) is 0 Å². The van der Waals surface area contributed by atoms with Gasteiger partial charge < -0.3 is 5.32 Å². The molecule has 7 heteroatoms. The van der Waals surface area contributed by atoms with Gasteiger partial charge in [-0.2, -0.15) is 5.10 Å². The molecule has 0 aromatic carbocycles. The highest BCUT2D eigenvalue weighted by Gasteiger charge is 2.07. The quantitative estimate of drug-likeness (QED) is 0.854. The van der Waals surface area contributed by atoms with Crippen molar-refractivity contribution >= 4 is 21.8 Å². The molecule has 0 bridgehead atoms. The maximum Gasteiger partial charge on any atom is 0.251 e. The Balaban J connectivity index is 1.98. The number of rotatable bonds is 3. The molecule has 0 fully saturated rings. The minimum Gasteiger partial charge on any atom is -0.345 e. The van der Waals surface area contributed by atoms with E-state index in [0.29, 0.717) is 22.5 Å². The van der Waals surface area contributed by atoms with Crippen LogP contribution >= 0.6 is 15.9 Å². The zero-order chi connectivity index (χ0) is 12.3. The maximum absolute atomic E-state index is 11.8. The number of amides is 1. The van der Waals surface area contributed by atoms with Crippen molar-refractivity contribution in [1.82, 2.24) is 25.1 Å². The number of pyridine rings is 1. The van der Waals surface area contributed by atoms with Crippen molar-refractivity contribution < 1.29 is 4.79 Å². The molecule has 2 heterocycles. The van der Waals surface area contributed by atoms with Crippen molar-refractivity contribution in [2.75, 3.05) is 0 Å². The average Bonchev–Trinajstić information content (AvgIpc) is 2.72. The topological polar surface area (TPSA) is 72.7 Å². The van der Waals surface area contributed by atoms with Gasteiger partial charge in [-0.25, -0.2) is 9.97 Å². The molecule has 17 heavy (non-hydrogen) atoms. The van der Waals surface area contributed by atoms with Crippen molar-refractivity contribution in [3.05, 3.63) is 40.6 Å². The number of halogens is 1. The third kappa shape index (κ3) is 3.10. The van der Waals surface area contributed by atoms with Gasteiger partial charge in [0.05, 0.1) is 6.54 Å². The molecule has 1 amide bonds. The zero-order valence-electron chi connectivity index (χ0n) is 9.09. The largest absolute Gasteiger partial charge is 0.345 e. The summed E-state index contributed by atoms with van der Waals surface area (Å²) in [6.07, 6.45) is 3.16. The van der Waals surface area contributed by atoms with E-state index >= 15 is 0 Å². The zero-order valence-corrected chi connectivity index (χ0v) is 10.7. The lowest BCUT2D eigenvalue weighted by atomic mass is 10.2. The fourth-order valence-corrected chi connectivity index (χ4v) is 1.63. The molecular formula is C10H10BrN5O. The summed E-state index contributed by atoms with van der Waals surface area (Å²) in [7, 11) is 1.78. The van der Waals surface area contributed by atoms with Crippen molar-refractivity contribution in [3.8, 4) is 0 Å². The molecule has 0 saturated carbocycles. The van der Waals surface area contributed by atoms with Gasteiger partial charge in [0.25, 0.3) is 5.91 Å². The second kappa shape index (κ2) is 5.05. The Hall–Kier alpha value is -1.76. The van der Waals surface area contributed by atoms with Crippen LogP contribution in [0.4, 0.5) is 0 Å². The number of carbonyl (C=O) groups excluding carboxylic acids is 1. The Labute approximate surface area is 106 Å². The molecule has 0 aliphatic rings. The highest BCUT2D eigenvalue weighted by atomic mass is 79.9. The third-order valence-corrected chi connectivity index (χ3v) is 2.48. The summed E-state index contributed by atoms with van der Waals surface area (Å²) >= 11 is 3.21. The first kappa shape index (κ1) is 11.7. The van der Waals surface area contributed by atoms with Crippen LogP contribution in [0.25, 0.3) is 0 Å². The molecule has 0 aliphatic carbocycles. The van der Waals surface area contributed by atoms with Crippen LogP contribution in [0.2, 0.25) is 0 Å². The van der Waals surface area contributed by atoms with E-state index in [9.17, 15) is 4.79 Å². The Kier molecular flexibility index (Phi) is 3.48. The van der Waals surface area contributed by atoms with Crippen LogP contribution < -0.4 is 5.32 Å². The van der Waals surface area contributed by atoms with E-state index < -0.39 is 0 Å². The number of hydrogen-bond acceptors (Lipinski definition) is 4. The van der Waals surface area contributed by atoms with Gasteiger partial charge in [-0.15, -0.1) is 0 Å². The predicted octanol–water partition coefficient (Wildman–Crippen LogP) is 0.903. The van der Waals surface area contributed by atoms with Crippen LogP contribution in [-0.2, 0) is 13.6 Å². The molecule has 0 spiro atoms. The maximum atomic E-state index is 11.8. The van der Waals surface area contributed by atoms with E-state index in [2.05, 4.69) is 36.3 Å². The summed E-state index contributed by atoms with van der Waals surface area (Å²) in [5, 5.41) is 6.79. The molecule has 2 aromatic heterocycles. The van der Waals surface area contributed by atoms with E-state index in [1.54, 1.807) is 36.4 Å². The average molecular weight is 296 g/mol. The van der Waals surface area contributed by atoms with E-state index in [1.165, 1.54) is 0 Å². The van der Waals surface area contributed by atoms with Crippen LogP contribution in [-0.4, -0.2) is 25.7 Å². The predicted molar refractivity (Wildman–Crippen MR) is 64.1 cm³/mol. The minimum absolute atomic E-state index is 0.180. The summed E-state index contributed by atoms with van der Waals surface area (Å²) in [5.41, 5.74) is 0.544. The first-order valence-corrected chi connectivity index (χ1v) is 5.69. The summed E-state index contributed by atoms with van der Waals surface area (Å²) in [4.78, 5) is 19.7. The van der Waals surface area contributed by atoms with Gasteiger partial charge in [0.1, 0.15) is 10.9 Å². The van der Waals surface area contributed by atoms with Gasteiger partial charge in [-0.3, -0.25) is 9.48 Å². The smallest absolute Gasteiger partial charge is 0.251 e. The van der Waals surface area contributed by atoms with E-state index in [4.69, 9.17) is 0 Å².